The Kier molecular flexibility index (Phi) is 5.47. The summed E-state index contributed by atoms with van der Waals surface area (Å²) in [4.78, 5) is 33.4. The molecular weight excluding hydrogens is 356 g/mol. The molecule has 8 nitrogen and oxygen atoms in total. The van der Waals surface area contributed by atoms with Gasteiger partial charge in [0, 0.05) is 6.54 Å². The highest BCUT2D eigenvalue weighted by Crippen LogP contribution is 2.33. The van der Waals surface area contributed by atoms with Crippen LogP contribution in [0.25, 0.3) is 10.2 Å². The molecule has 0 aliphatic rings. The molecule has 3 aromatic rings. The van der Waals surface area contributed by atoms with Crippen LogP contribution in [0.5, 0.6) is 0 Å². The van der Waals surface area contributed by atoms with Gasteiger partial charge in [0.15, 0.2) is 0 Å². The number of hydrogen-bond acceptors (Lipinski definition) is 8. The molecule has 0 aromatic carbocycles. The summed E-state index contributed by atoms with van der Waals surface area (Å²) in [5.74, 6) is 0.819. The number of hydrogen-bond donors (Lipinski definition) is 2. The van der Waals surface area contributed by atoms with Crippen molar-refractivity contribution in [3.63, 3.8) is 0 Å². The van der Waals surface area contributed by atoms with Gasteiger partial charge in [0.25, 0.3) is 5.91 Å². The fraction of sp³-hybridized carbons (Fsp3) is 0.294. The minimum atomic E-state index is -0.367. The molecule has 0 aliphatic heterocycles. The van der Waals surface area contributed by atoms with Crippen LogP contribution in [0, 0.1) is 6.92 Å². The van der Waals surface area contributed by atoms with Crippen LogP contribution < -0.4 is 10.6 Å². The first-order valence-corrected chi connectivity index (χ1v) is 8.77. The van der Waals surface area contributed by atoms with E-state index in [9.17, 15) is 9.59 Å². The molecule has 1 amide bonds. The monoisotopic (exact) mass is 374 g/mol. The number of fused-ring (bicyclic) bond motifs is 1. The number of aryl methyl sites for hydroxylation is 1. The summed E-state index contributed by atoms with van der Waals surface area (Å²) in [6, 6.07) is 3.69. The zero-order valence-electron chi connectivity index (χ0n) is 14.4. The van der Waals surface area contributed by atoms with Crippen LogP contribution >= 0.6 is 11.3 Å². The van der Waals surface area contributed by atoms with Crippen molar-refractivity contribution in [1.29, 1.82) is 0 Å². The van der Waals surface area contributed by atoms with E-state index < -0.39 is 0 Å². The molecule has 0 fully saturated rings. The van der Waals surface area contributed by atoms with Gasteiger partial charge in [0.2, 0.25) is 0 Å². The average molecular weight is 374 g/mol. The van der Waals surface area contributed by atoms with E-state index in [0.717, 1.165) is 21.5 Å². The molecule has 3 rings (SSSR count). The molecule has 3 aromatic heterocycles. The topological polar surface area (TPSA) is 106 Å². The maximum Gasteiger partial charge on any atom is 0.307 e. The Bertz CT molecular complexity index is 920. The molecule has 0 saturated carbocycles. The van der Waals surface area contributed by atoms with Gasteiger partial charge in [-0.05, 0) is 24.6 Å². The Morgan fingerprint density at radius 2 is 2.19 bits per heavy atom. The maximum atomic E-state index is 12.4. The highest BCUT2D eigenvalue weighted by Gasteiger charge is 2.19. The normalized spacial score (nSPS) is 10.7. The van der Waals surface area contributed by atoms with Crippen molar-refractivity contribution in [2.24, 2.45) is 0 Å². The minimum absolute atomic E-state index is 0.127. The molecule has 0 spiro atoms. The van der Waals surface area contributed by atoms with Gasteiger partial charge in [-0.15, -0.1) is 11.3 Å². The van der Waals surface area contributed by atoms with E-state index in [1.54, 1.807) is 6.26 Å². The predicted octanol–water partition coefficient (Wildman–Crippen LogP) is 2.50. The number of nitrogens with zero attached hydrogens (tertiary/aromatic N) is 2. The van der Waals surface area contributed by atoms with Crippen LogP contribution in [-0.4, -0.2) is 35.5 Å². The summed E-state index contributed by atoms with van der Waals surface area (Å²) in [5, 5.41) is 6.75. The van der Waals surface area contributed by atoms with Crippen LogP contribution in [0.2, 0.25) is 0 Å². The Labute approximate surface area is 153 Å². The minimum Gasteiger partial charge on any atom is -0.469 e. The molecule has 0 saturated heterocycles. The molecule has 0 aliphatic carbocycles. The fourth-order valence-electron chi connectivity index (χ4n) is 2.47. The molecule has 3 heterocycles. The number of ether oxygens (including phenoxy) is 1. The van der Waals surface area contributed by atoms with E-state index in [1.165, 1.54) is 24.8 Å². The lowest BCUT2D eigenvalue weighted by atomic mass is 10.2. The second-order valence-electron chi connectivity index (χ2n) is 5.47. The number of carbonyl (C=O) groups excluding carboxylic acids is 2. The van der Waals surface area contributed by atoms with E-state index in [2.05, 4.69) is 25.3 Å². The summed E-state index contributed by atoms with van der Waals surface area (Å²) < 4.78 is 9.87. The molecule has 9 heteroatoms. The zero-order valence-corrected chi connectivity index (χ0v) is 15.2. The van der Waals surface area contributed by atoms with Crippen molar-refractivity contribution >= 4 is 39.2 Å². The summed E-state index contributed by atoms with van der Waals surface area (Å²) in [6.45, 7) is 2.55. The number of rotatable bonds is 7. The number of furan rings is 1. The Balaban J connectivity index is 1.78. The van der Waals surface area contributed by atoms with Crippen molar-refractivity contribution in [3.05, 3.63) is 40.9 Å². The van der Waals surface area contributed by atoms with Gasteiger partial charge in [-0.3, -0.25) is 9.59 Å². The first-order chi connectivity index (χ1) is 12.6. The van der Waals surface area contributed by atoms with Crippen molar-refractivity contribution in [2.45, 2.75) is 19.9 Å². The highest BCUT2D eigenvalue weighted by atomic mass is 32.1. The Morgan fingerprint density at radius 3 is 2.92 bits per heavy atom. The fourth-order valence-corrected chi connectivity index (χ4v) is 3.53. The molecule has 2 N–H and O–H groups in total. The number of amides is 1. The lowest BCUT2D eigenvalue weighted by Crippen LogP contribution is -2.26. The predicted molar refractivity (Wildman–Crippen MR) is 97.2 cm³/mol. The van der Waals surface area contributed by atoms with Crippen LogP contribution in [0.1, 0.15) is 27.4 Å². The molecule has 0 radical (unpaired) electrons. The van der Waals surface area contributed by atoms with Gasteiger partial charge in [0.1, 0.15) is 22.7 Å². The molecule has 0 bridgehead atoms. The lowest BCUT2D eigenvalue weighted by molar-refractivity contribution is -0.140. The van der Waals surface area contributed by atoms with Crippen LogP contribution in [0.3, 0.4) is 0 Å². The first-order valence-electron chi connectivity index (χ1n) is 7.95. The van der Waals surface area contributed by atoms with Crippen LogP contribution in [0.4, 0.5) is 5.82 Å². The van der Waals surface area contributed by atoms with Crippen LogP contribution in [0.15, 0.2) is 29.1 Å². The molecule has 26 heavy (non-hydrogen) atoms. The third kappa shape index (κ3) is 3.83. The largest absolute Gasteiger partial charge is 0.469 e. The lowest BCUT2D eigenvalue weighted by Gasteiger charge is -2.06. The molecule has 136 valence electrons. The van der Waals surface area contributed by atoms with Gasteiger partial charge in [0.05, 0.1) is 36.6 Å². The number of aromatic nitrogens is 2. The summed E-state index contributed by atoms with van der Waals surface area (Å²) in [7, 11) is 1.32. The second kappa shape index (κ2) is 7.96. The van der Waals surface area contributed by atoms with E-state index in [4.69, 9.17) is 4.42 Å². The van der Waals surface area contributed by atoms with E-state index >= 15 is 0 Å². The number of esters is 1. The van der Waals surface area contributed by atoms with Crippen LogP contribution in [-0.2, 0) is 16.1 Å². The number of carbonyl (C=O) groups is 2. The number of anilines is 1. The third-order valence-electron chi connectivity index (χ3n) is 3.79. The highest BCUT2D eigenvalue weighted by molar-refractivity contribution is 7.20. The summed E-state index contributed by atoms with van der Waals surface area (Å²) in [5.41, 5.74) is 0.795. The Hall–Kier alpha value is -2.94. The van der Waals surface area contributed by atoms with Gasteiger partial charge in [-0.1, -0.05) is 0 Å². The standard InChI is InChI=1S/C17H18N4O4S/c1-10-13-15(19-8-11-4-3-7-25-11)20-9-21-17(13)26-14(10)16(23)18-6-5-12(22)24-2/h3-4,7,9H,5-6,8H2,1-2H3,(H,18,23)(H,19,20,21). The molecule has 0 atom stereocenters. The van der Waals surface area contributed by atoms with Crippen molar-refractivity contribution in [1.82, 2.24) is 15.3 Å². The quantitative estimate of drug-likeness (QED) is 0.612. The molecular formula is C17H18N4O4S. The van der Waals surface area contributed by atoms with E-state index in [0.29, 0.717) is 17.2 Å². The second-order valence-corrected chi connectivity index (χ2v) is 6.47. The molecule has 0 unspecified atom stereocenters. The number of thiophene rings is 1. The van der Waals surface area contributed by atoms with Gasteiger partial charge in [-0.25, -0.2) is 9.97 Å². The summed E-state index contributed by atoms with van der Waals surface area (Å²) >= 11 is 1.29. The van der Waals surface area contributed by atoms with Crippen molar-refractivity contribution in [2.75, 3.05) is 19.0 Å². The van der Waals surface area contributed by atoms with Gasteiger partial charge < -0.3 is 19.8 Å². The third-order valence-corrected chi connectivity index (χ3v) is 4.98. The summed E-state index contributed by atoms with van der Waals surface area (Å²) in [6.07, 6.45) is 3.20. The zero-order chi connectivity index (χ0) is 18.5. The number of methoxy groups -OCH3 is 1. The maximum absolute atomic E-state index is 12.4. The van der Waals surface area contributed by atoms with Crippen molar-refractivity contribution in [3.8, 4) is 0 Å². The average Bonchev–Trinajstić information content (AvgIpc) is 3.28. The van der Waals surface area contributed by atoms with E-state index in [1.807, 2.05) is 19.1 Å². The SMILES string of the molecule is COC(=O)CCNC(=O)c1sc2ncnc(NCc3ccco3)c2c1C. The first kappa shape index (κ1) is 17.9. The van der Waals surface area contributed by atoms with E-state index in [-0.39, 0.29) is 24.8 Å². The van der Waals surface area contributed by atoms with Crippen molar-refractivity contribution < 1.29 is 18.7 Å². The smallest absolute Gasteiger partial charge is 0.307 e. The number of nitrogens with one attached hydrogen (secondary N) is 2. The van der Waals surface area contributed by atoms with Gasteiger partial charge in [-0.2, -0.15) is 0 Å². The van der Waals surface area contributed by atoms with Gasteiger partial charge >= 0.3 is 5.97 Å². The Morgan fingerprint density at radius 1 is 1.35 bits per heavy atom.